The first kappa shape index (κ1) is 22.3. The second kappa shape index (κ2) is 9.97. The Balaban J connectivity index is 2.53. The van der Waals surface area contributed by atoms with Gasteiger partial charge in [0.05, 0.1) is 5.92 Å². The van der Waals surface area contributed by atoms with Crippen molar-refractivity contribution < 1.29 is 13.6 Å². The zero-order valence-corrected chi connectivity index (χ0v) is 17.0. The van der Waals surface area contributed by atoms with Crippen LogP contribution in [0.2, 0.25) is 0 Å². The van der Waals surface area contributed by atoms with E-state index in [2.05, 4.69) is 25.1 Å². The third kappa shape index (κ3) is 5.29. The van der Waals surface area contributed by atoms with E-state index < -0.39 is 11.7 Å². The summed E-state index contributed by atoms with van der Waals surface area (Å²) in [5, 5.41) is 2.71. The summed E-state index contributed by atoms with van der Waals surface area (Å²) in [6.45, 7) is 13.2. The molecule has 1 amide bonds. The highest BCUT2D eigenvalue weighted by molar-refractivity contribution is 5.86. The molecule has 4 heteroatoms. The lowest BCUT2D eigenvalue weighted by Crippen LogP contribution is -2.37. The number of amides is 1. The largest absolute Gasteiger partial charge is 0.359 e. The Morgan fingerprint density at radius 2 is 1.93 bits per heavy atom. The Bertz CT molecular complexity index is 921. The van der Waals surface area contributed by atoms with Gasteiger partial charge in [-0.25, -0.2) is 8.78 Å². The summed E-state index contributed by atoms with van der Waals surface area (Å²) in [4.78, 5) is 12.8. The minimum atomic E-state index is -0.575. The molecule has 1 N–H and O–H groups in total. The second-order valence-corrected chi connectivity index (χ2v) is 7.02. The van der Waals surface area contributed by atoms with Crippen LogP contribution in [0.25, 0.3) is 5.57 Å². The summed E-state index contributed by atoms with van der Waals surface area (Å²) < 4.78 is 27.4. The van der Waals surface area contributed by atoms with Crippen molar-refractivity contribution in [1.29, 1.82) is 0 Å². The van der Waals surface area contributed by atoms with E-state index in [1.807, 2.05) is 19.1 Å². The third-order valence-electron chi connectivity index (χ3n) is 5.19. The molecule has 0 saturated heterocycles. The van der Waals surface area contributed by atoms with E-state index in [0.717, 1.165) is 11.1 Å². The lowest BCUT2D eigenvalue weighted by molar-refractivity contribution is -0.124. The van der Waals surface area contributed by atoms with E-state index in [9.17, 15) is 13.6 Å². The summed E-state index contributed by atoms with van der Waals surface area (Å²) >= 11 is 0. The van der Waals surface area contributed by atoms with Crippen LogP contribution in [0.3, 0.4) is 0 Å². The second-order valence-electron chi connectivity index (χ2n) is 7.02. The van der Waals surface area contributed by atoms with Gasteiger partial charge in [-0.2, -0.15) is 0 Å². The average molecular weight is 395 g/mol. The fraction of sp³-hybridized carbons (Fsp3) is 0.240. The van der Waals surface area contributed by atoms with Crippen molar-refractivity contribution in [3.05, 3.63) is 102 Å². The van der Waals surface area contributed by atoms with Crippen LogP contribution in [0.4, 0.5) is 8.78 Å². The summed E-state index contributed by atoms with van der Waals surface area (Å²) in [7, 11) is 1.57. The number of benzene rings is 1. The molecular formula is C25H27F2NO. The van der Waals surface area contributed by atoms with Crippen LogP contribution < -0.4 is 5.32 Å². The van der Waals surface area contributed by atoms with Crippen LogP contribution >= 0.6 is 0 Å². The maximum absolute atomic E-state index is 14.3. The van der Waals surface area contributed by atoms with Crippen molar-refractivity contribution >= 4 is 11.5 Å². The number of hydrogen-bond acceptors (Lipinski definition) is 1. The summed E-state index contributed by atoms with van der Waals surface area (Å²) in [6, 6.07) is 6.51. The molecule has 1 aliphatic carbocycles. The summed E-state index contributed by atoms with van der Waals surface area (Å²) in [5.74, 6) is -1.86. The highest BCUT2D eigenvalue weighted by Gasteiger charge is 2.36. The van der Waals surface area contributed by atoms with E-state index in [1.165, 1.54) is 12.1 Å². The molecule has 2 unspecified atom stereocenters. The monoisotopic (exact) mass is 395 g/mol. The fourth-order valence-corrected chi connectivity index (χ4v) is 3.65. The normalized spacial score (nSPS) is 21.4. The van der Waals surface area contributed by atoms with E-state index in [1.54, 1.807) is 31.3 Å². The molecule has 0 heterocycles. The predicted octanol–water partition coefficient (Wildman–Crippen LogP) is 6.08. The van der Waals surface area contributed by atoms with Gasteiger partial charge in [-0.3, -0.25) is 4.79 Å². The zero-order chi connectivity index (χ0) is 21.6. The maximum Gasteiger partial charge on any atom is 0.227 e. The van der Waals surface area contributed by atoms with Gasteiger partial charge in [0, 0.05) is 12.6 Å². The van der Waals surface area contributed by atoms with Gasteiger partial charge in [0.2, 0.25) is 5.91 Å². The van der Waals surface area contributed by atoms with Gasteiger partial charge in [0.15, 0.2) is 0 Å². The third-order valence-corrected chi connectivity index (χ3v) is 5.19. The number of rotatable bonds is 6. The molecule has 1 saturated carbocycles. The first-order valence-electron chi connectivity index (χ1n) is 9.54. The van der Waals surface area contributed by atoms with E-state index in [4.69, 9.17) is 0 Å². The molecule has 0 radical (unpaired) electrons. The fourth-order valence-electron chi connectivity index (χ4n) is 3.65. The number of nitrogens with one attached hydrogen (secondary N) is 1. The predicted molar refractivity (Wildman–Crippen MR) is 116 cm³/mol. The standard InChI is InChI=1S/C25H27F2NO/c1-6-19(21-9-7-8-10-23(21)27)15-22-17(3)12-14-20(24(22)25(29)28-5)16(2)11-13-18(4)26/h6-11,13,15,20,24H,2-4,12,14H2,1,5H3,(H,28,29). The van der Waals surface area contributed by atoms with Gasteiger partial charge in [-0.05, 0) is 49.0 Å². The van der Waals surface area contributed by atoms with Crippen molar-refractivity contribution in [2.45, 2.75) is 19.8 Å². The van der Waals surface area contributed by atoms with Gasteiger partial charge in [0.1, 0.15) is 11.6 Å². The Labute approximate surface area is 171 Å². The molecule has 1 fully saturated rings. The van der Waals surface area contributed by atoms with Crippen LogP contribution in [0, 0.1) is 17.7 Å². The van der Waals surface area contributed by atoms with Crippen LogP contribution in [-0.2, 0) is 4.79 Å². The molecular weight excluding hydrogens is 368 g/mol. The Morgan fingerprint density at radius 3 is 2.52 bits per heavy atom. The van der Waals surface area contributed by atoms with Gasteiger partial charge in [-0.15, -0.1) is 0 Å². The van der Waals surface area contributed by atoms with Crippen LogP contribution in [-0.4, -0.2) is 13.0 Å². The highest BCUT2D eigenvalue weighted by Crippen LogP contribution is 2.42. The lowest BCUT2D eigenvalue weighted by atomic mass is 9.69. The van der Waals surface area contributed by atoms with Gasteiger partial charge in [0.25, 0.3) is 0 Å². The summed E-state index contributed by atoms with van der Waals surface area (Å²) in [5.41, 5.74) is 3.35. The van der Waals surface area contributed by atoms with Crippen LogP contribution in [0.1, 0.15) is 25.3 Å². The number of carbonyl (C=O) groups is 1. The van der Waals surface area contributed by atoms with Gasteiger partial charge < -0.3 is 5.32 Å². The molecule has 0 bridgehead atoms. The smallest absolute Gasteiger partial charge is 0.227 e. The average Bonchev–Trinajstić information content (AvgIpc) is 2.71. The number of carbonyl (C=O) groups excluding carboxylic acids is 1. The van der Waals surface area contributed by atoms with Crippen LogP contribution in [0.15, 0.2) is 90.9 Å². The highest BCUT2D eigenvalue weighted by atomic mass is 19.1. The van der Waals surface area contributed by atoms with Crippen molar-refractivity contribution in [3.8, 4) is 0 Å². The zero-order valence-electron chi connectivity index (χ0n) is 17.0. The molecule has 29 heavy (non-hydrogen) atoms. The molecule has 2 rings (SSSR count). The lowest BCUT2D eigenvalue weighted by Gasteiger charge is -2.35. The molecule has 152 valence electrons. The SMILES string of the molecule is C=C(F)C=CC(=C)C1CCC(=C)C(=CC(=CC)c2ccccc2F)C1C(=O)NC. The van der Waals surface area contributed by atoms with E-state index >= 15 is 0 Å². The molecule has 2 nitrogen and oxygen atoms in total. The number of allylic oxidation sites excluding steroid dienone is 8. The minimum Gasteiger partial charge on any atom is -0.359 e. The molecule has 1 aromatic rings. The molecule has 1 aromatic carbocycles. The van der Waals surface area contributed by atoms with Crippen molar-refractivity contribution in [3.63, 3.8) is 0 Å². The molecule has 0 aliphatic heterocycles. The van der Waals surface area contributed by atoms with E-state index in [-0.39, 0.29) is 17.6 Å². The van der Waals surface area contributed by atoms with E-state index in [0.29, 0.717) is 29.6 Å². The topological polar surface area (TPSA) is 29.1 Å². The molecule has 1 aliphatic rings. The van der Waals surface area contributed by atoms with Crippen molar-refractivity contribution in [2.75, 3.05) is 7.05 Å². The van der Waals surface area contributed by atoms with Gasteiger partial charge >= 0.3 is 0 Å². The van der Waals surface area contributed by atoms with Crippen molar-refractivity contribution in [2.24, 2.45) is 11.8 Å². The number of hydrogen-bond donors (Lipinski definition) is 1. The first-order chi connectivity index (χ1) is 13.8. The van der Waals surface area contributed by atoms with Crippen molar-refractivity contribution in [1.82, 2.24) is 5.32 Å². The van der Waals surface area contributed by atoms with Gasteiger partial charge in [-0.1, -0.05) is 67.3 Å². The summed E-state index contributed by atoms with van der Waals surface area (Å²) in [6.07, 6.45) is 7.78. The first-order valence-corrected chi connectivity index (χ1v) is 9.54. The van der Waals surface area contributed by atoms with Crippen LogP contribution in [0.5, 0.6) is 0 Å². The molecule has 0 aromatic heterocycles. The molecule has 0 spiro atoms. The Morgan fingerprint density at radius 1 is 1.24 bits per heavy atom. The quantitative estimate of drug-likeness (QED) is 0.581. The Hall–Kier alpha value is -3.01. The molecule has 2 atom stereocenters. The maximum atomic E-state index is 14.3. The number of halogens is 2. The Kier molecular flexibility index (Phi) is 7.66. The minimum absolute atomic E-state index is 0.181.